The molecule has 0 amide bonds. The van der Waals surface area contributed by atoms with Crippen LogP contribution in [-0.2, 0) is 6.54 Å². The molecule has 0 bridgehead atoms. The fourth-order valence-electron chi connectivity index (χ4n) is 1.71. The summed E-state index contributed by atoms with van der Waals surface area (Å²) in [6.45, 7) is 10.8. The number of hydrogen-bond donors (Lipinski definition) is 2. The van der Waals surface area contributed by atoms with Crippen LogP contribution in [0, 0.1) is 12.8 Å². The average molecular weight is 267 g/mol. The largest absolute Gasteiger partial charge is 0.395 e. The summed E-state index contributed by atoms with van der Waals surface area (Å²) in [5.74, 6) is 0.686. The molecule has 0 saturated heterocycles. The third-order valence-corrected chi connectivity index (χ3v) is 3.97. The highest BCUT2D eigenvalue weighted by molar-refractivity contribution is 8.00. The number of rotatable bonds is 7. The lowest BCUT2D eigenvalue weighted by Crippen LogP contribution is -2.18. The lowest BCUT2D eigenvalue weighted by Gasteiger charge is -2.12. The van der Waals surface area contributed by atoms with Gasteiger partial charge in [-0.05, 0) is 36.6 Å². The Morgan fingerprint density at radius 3 is 2.56 bits per heavy atom. The van der Waals surface area contributed by atoms with E-state index in [9.17, 15) is 0 Å². The highest BCUT2D eigenvalue weighted by Gasteiger charge is 2.06. The monoisotopic (exact) mass is 267 g/mol. The summed E-state index contributed by atoms with van der Waals surface area (Å²) in [6.07, 6.45) is 0. The molecule has 2 N–H and O–H groups in total. The van der Waals surface area contributed by atoms with Crippen molar-refractivity contribution in [1.82, 2.24) is 5.32 Å². The van der Waals surface area contributed by atoms with Gasteiger partial charge >= 0.3 is 0 Å². The predicted octanol–water partition coefficient (Wildman–Crippen LogP) is 3.21. The number of benzene rings is 1. The van der Waals surface area contributed by atoms with E-state index in [2.05, 4.69) is 44.3 Å². The molecular weight excluding hydrogens is 242 g/mol. The Kier molecular flexibility index (Phi) is 6.76. The van der Waals surface area contributed by atoms with Crippen molar-refractivity contribution in [2.45, 2.75) is 44.4 Å². The van der Waals surface area contributed by atoms with Crippen LogP contribution >= 0.6 is 11.8 Å². The number of aliphatic hydroxyl groups is 1. The molecule has 3 heteroatoms. The van der Waals surface area contributed by atoms with Gasteiger partial charge in [-0.2, -0.15) is 0 Å². The van der Waals surface area contributed by atoms with E-state index >= 15 is 0 Å². The quantitative estimate of drug-likeness (QED) is 0.744. The second kappa shape index (κ2) is 7.82. The summed E-state index contributed by atoms with van der Waals surface area (Å²) >= 11 is 1.74. The molecule has 0 spiro atoms. The molecule has 0 aliphatic heterocycles. The van der Waals surface area contributed by atoms with Crippen LogP contribution in [0.2, 0.25) is 0 Å². The first kappa shape index (κ1) is 15.5. The summed E-state index contributed by atoms with van der Waals surface area (Å²) in [6, 6.07) is 6.57. The van der Waals surface area contributed by atoms with Gasteiger partial charge in [-0.3, -0.25) is 0 Å². The number of aryl methyl sites for hydroxylation is 1. The molecule has 2 nitrogen and oxygen atoms in total. The van der Waals surface area contributed by atoms with Gasteiger partial charge in [-0.1, -0.05) is 32.9 Å². The summed E-state index contributed by atoms with van der Waals surface area (Å²) in [4.78, 5) is 1.27. The fraction of sp³-hybridized carbons (Fsp3) is 0.600. The molecule has 102 valence electrons. The number of hydrogen-bond acceptors (Lipinski definition) is 3. The van der Waals surface area contributed by atoms with E-state index in [1.807, 2.05) is 6.92 Å². The second-order valence-electron chi connectivity index (χ2n) is 5.24. The maximum Gasteiger partial charge on any atom is 0.0550 e. The molecule has 0 aromatic heterocycles. The zero-order chi connectivity index (χ0) is 13.5. The van der Waals surface area contributed by atoms with Crippen molar-refractivity contribution in [3.05, 3.63) is 29.3 Å². The van der Waals surface area contributed by atoms with Crippen LogP contribution in [0.1, 0.15) is 31.9 Å². The molecule has 1 aromatic rings. The molecule has 18 heavy (non-hydrogen) atoms. The van der Waals surface area contributed by atoms with Gasteiger partial charge in [0.15, 0.2) is 0 Å². The van der Waals surface area contributed by atoms with Crippen molar-refractivity contribution in [3.63, 3.8) is 0 Å². The lowest BCUT2D eigenvalue weighted by molar-refractivity contribution is 0.300. The fourth-order valence-corrected chi connectivity index (χ4v) is 2.61. The normalized spacial score (nSPS) is 13.0. The Morgan fingerprint density at radius 1 is 1.28 bits per heavy atom. The smallest absolute Gasteiger partial charge is 0.0550 e. The van der Waals surface area contributed by atoms with Crippen molar-refractivity contribution < 1.29 is 5.11 Å². The summed E-state index contributed by atoms with van der Waals surface area (Å²) in [5.41, 5.74) is 2.62. The molecule has 0 radical (unpaired) electrons. The van der Waals surface area contributed by atoms with Crippen molar-refractivity contribution in [2.24, 2.45) is 5.92 Å². The molecule has 0 aliphatic carbocycles. The highest BCUT2D eigenvalue weighted by Crippen LogP contribution is 2.26. The van der Waals surface area contributed by atoms with Crippen LogP contribution in [0.5, 0.6) is 0 Å². The molecular formula is C15H25NOS. The lowest BCUT2D eigenvalue weighted by atomic mass is 10.1. The Labute approximate surface area is 115 Å². The first-order chi connectivity index (χ1) is 8.52. The second-order valence-corrected chi connectivity index (χ2v) is 6.72. The Bertz CT molecular complexity index is 366. The summed E-state index contributed by atoms with van der Waals surface area (Å²) < 4.78 is 0. The molecule has 1 rings (SSSR count). The van der Waals surface area contributed by atoms with Crippen LogP contribution in [0.3, 0.4) is 0 Å². The molecule has 0 aliphatic rings. The first-order valence-electron chi connectivity index (χ1n) is 6.60. The maximum atomic E-state index is 9.08. The Balaban J connectivity index is 2.56. The highest BCUT2D eigenvalue weighted by atomic mass is 32.2. The van der Waals surface area contributed by atoms with Crippen LogP contribution in [0.4, 0.5) is 0 Å². The van der Waals surface area contributed by atoms with Gasteiger partial charge in [0, 0.05) is 16.7 Å². The molecule has 0 heterocycles. The van der Waals surface area contributed by atoms with E-state index in [0.29, 0.717) is 5.92 Å². The van der Waals surface area contributed by atoms with Gasteiger partial charge in [0.05, 0.1) is 6.61 Å². The topological polar surface area (TPSA) is 32.3 Å². The zero-order valence-corrected chi connectivity index (χ0v) is 12.7. The van der Waals surface area contributed by atoms with Crippen LogP contribution in [0.15, 0.2) is 23.1 Å². The molecule has 0 fully saturated rings. The SMILES string of the molecule is Cc1cc(CNCC(C)C)ccc1SC(C)CO. The number of nitrogens with one attached hydrogen (secondary N) is 1. The minimum Gasteiger partial charge on any atom is -0.395 e. The van der Waals surface area contributed by atoms with E-state index in [1.165, 1.54) is 16.0 Å². The molecule has 1 atom stereocenters. The van der Waals surface area contributed by atoms with Gasteiger partial charge in [0.25, 0.3) is 0 Å². The third kappa shape index (κ3) is 5.42. The van der Waals surface area contributed by atoms with Gasteiger partial charge in [-0.25, -0.2) is 0 Å². The number of thioether (sulfide) groups is 1. The first-order valence-corrected chi connectivity index (χ1v) is 7.48. The van der Waals surface area contributed by atoms with Gasteiger partial charge in [-0.15, -0.1) is 11.8 Å². The summed E-state index contributed by atoms with van der Waals surface area (Å²) in [5, 5.41) is 12.8. The van der Waals surface area contributed by atoms with Gasteiger partial charge < -0.3 is 10.4 Å². The standard InChI is InChI=1S/C15H25NOS/c1-11(2)8-16-9-14-5-6-15(12(3)7-14)18-13(4)10-17/h5-7,11,13,16-17H,8-10H2,1-4H3. The minimum atomic E-state index is 0.224. The van der Waals surface area contributed by atoms with Crippen LogP contribution in [-0.4, -0.2) is 23.5 Å². The van der Waals surface area contributed by atoms with E-state index in [1.54, 1.807) is 11.8 Å². The molecule has 1 aromatic carbocycles. The summed E-state index contributed by atoms with van der Waals surface area (Å²) in [7, 11) is 0. The van der Waals surface area contributed by atoms with Crippen LogP contribution in [0.25, 0.3) is 0 Å². The van der Waals surface area contributed by atoms with Crippen molar-refractivity contribution in [1.29, 1.82) is 0 Å². The van der Waals surface area contributed by atoms with E-state index in [-0.39, 0.29) is 11.9 Å². The van der Waals surface area contributed by atoms with Crippen molar-refractivity contribution >= 4 is 11.8 Å². The van der Waals surface area contributed by atoms with Gasteiger partial charge in [0.2, 0.25) is 0 Å². The Morgan fingerprint density at radius 2 is 2.00 bits per heavy atom. The zero-order valence-electron chi connectivity index (χ0n) is 11.9. The molecule has 1 unspecified atom stereocenters. The minimum absolute atomic E-state index is 0.224. The van der Waals surface area contributed by atoms with E-state index in [0.717, 1.165) is 13.1 Å². The van der Waals surface area contributed by atoms with E-state index in [4.69, 9.17) is 5.11 Å². The van der Waals surface area contributed by atoms with Crippen molar-refractivity contribution in [2.75, 3.05) is 13.2 Å². The maximum absolute atomic E-state index is 9.08. The number of aliphatic hydroxyl groups excluding tert-OH is 1. The average Bonchev–Trinajstić information content (AvgIpc) is 2.32. The van der Waals surface area contributed by atoms with Crippen LogP contribution < -0.4 is 5.32 Å². The van der Waals surface area contributed by atoms with Gasteiger partial charge in [0.1, 0.15) is 0 Å². The van der Waals surface area contributed by atoms with Crippen molar-refractivity contribution in [3.8, 4) is 0 Å². The predicted molar refractivity (Wildman–Crippen MR) is 80.1 cm³/mol. The third-order valence-electron chi connectivity index (χ3n) is 2.71. The van der Waals surface area contributed by atoms with E-state index < -0.39 is 0 Å². The Hall–Kier alpha value is -0.510. The molecule has 0 saturated carbocycles.